The average molecular weight is 289 g/mol. The molecule has 0 aromatic heterocycles. The first kappa shape index (κ1) is 15.5. The van der Waals surface area contributed by atoms with Crippen LogP contribution in [0, 0.1) is 5.92 Å². The molecule has 1 saturated carbocycles. The van der Waals surface area contributed by atoms with Gasteiger partial charge in [-0.15, -0.1) is 0 Å². The zero-order valence-corrected chi connectivity index (χ0v) is 12.2. The fourth-order valence-electron chi connectivity index (χ4n) is 2.15. The van der Waals surface area contributed by atoms with Crippen molar-refractivity contribution in [1.82, 2.24) is 10.6 Å². The molecular formula is C16H23N3O2. The van der Waals surface area contributed by atoms with Gasteiger partial charge in [-0.05, 0) is 24.8 Å². The van der Waals surface area contributed by atoms with Crippen molar-refractivity contribution < 1.29 is 9.59 Å². The molecule has 4 N–H and O–H groups in total. The number of benzene rings is 1. The number of nitrogens with one attached hydrogen (secondary N) is 2. The molecule has 114 valence electrons. The minimum atomic E-state index is -0.251. The molecule has 0 saturated heterocycles. The summed E-state index contributed by atoms with van der Waals surface area (Å²) in [7, 11) is 0. The van der Waals surface area contributed by atoms with Crippen LogP contribution in [-0.4, -0.2) is 30.9 Å². The van der Waals surface area contributed by atoms with E-state index in [2.05, 4.69) is 10.6 Å². The molecule has 2 rings (SSSR count). The lowest BCUT2D eigenvalue weighted by Gasteiger charge is -2.15. The quantitative estimate of drug-likeness (QED) is 0.655. The molecule has 21 heavy (non-hydrogen) atoms. The normalized spacial score (nSPS) is 15.3. The first-order valence-corrected chi connectivity index (χ1v) is 7.50. The number of hydrogen-bond acceptors (Lipinski definition) is 3. The third kappa shape index (κ3) is 5.55. The lowest BCUT2D eigenvalue weighted by molar-refractivity contribution is -0.125. The highest BCUT2D eigenvalue weighted by Crippen LogP contribution is 2.18. The maximum atomic E-state index is 12.1. The van der Waals surface area contributed by atoms with Gasteiger partial charge in [0.1, 0.15) is 0 Å². The van der Waals surface area contributed by atoms with Gasteiger partial charge in [-0.2, -0.15) is 0 Å². The van der Waals surface area contributed by atoms with Crippen molar-refractivity contribution in [2.45, 2.75) is 31.7 Å². The van der Waals surface area contributed by atoms with Gasteiger partial charge in [0.25, 0.3) is 0 Å². The van der Waals surface area contributed by atoms with Crippen LogP contribution >= 0.6 is 0 Å². The topological polar surface area (TPSA) is 84.2 Å². The van der Waals surface area contributed by atoms with Crippen molar-refractivity contribution in [3.05, 3.63) is 35.9 Å². The highest BCUT2D eigenvalue weighted by atomic mass is 16.2. The molecular weight excluding hydrogens is 266 g/mol. The van der Waals surface area contributed by atoms with Crippen molar-refractivity contribution in [3.63, 3.8) is 0 Å². The fraction of sp³-hybridized carbons (Fsp3) is 0.500. The third-order valence-corrected chi connectivity index (χ3v) is 3.57. The van der Waals surface area contributed by atoms with Crippen molar-refractivity contribution in [1.29, 1.82) is 0 Å². The first-order chi connectivity index (χ1) is 10.2. The number of carbonyl (C=O) groups excluding carboxylic acids is 2. The summed E-state index contributed by atoms with van der Waals surface area (Å²) in [4.78, 5) is 23.6. The van der Waals surface area contributed by atoms with E-state index in [1.807, 2.05) is 30.3 Å². The number of rotatable bonds is 8. The summed E-state index contributed by atoms with van der Waals surface area (Å²) < 4.78 is 0. The van der Waals surface area contributed by atoms with Gasteiger partial charge in [0, 0.05) is 25.6 Å². The molecule has 0 radical (unpaired) electrons. The van der Waals surface area contributed by atoms with Crippen LogP contribution in [0.15, 0.2) is 30.3 Å². The minimum Gasteiger partial charge on any atom is -0.355 e. The van der Waals surface area contributed by atoms with Gasteiger partial charge in [0.15, 0.2) is 0 Å². The van der Waals surface area contributed by atoms with Gasteiger partial charge in [-0.1, -0.05) is 30.3 Å². The van der Waals surface area contributed by atoms with Gasteiger partial charge in [-0.25, -0.2) is 0 Å². The Hall–Kier alpha value is -1.88. The molecule has 1 aromatic carbocycles. The van der Waals surface area contributed by atoms with Crippen molar-refractivity contribution >= 4 is 11.8 Å². The van der Waals surface area contributed by atoms with Gasteiger partial charge in [0.05, 0.1) is 5.92 Å². The first-order valence-electron chi connectivity index (χ1n) is 7.50. The number of nitrogens with two attached hydrogens (primary N) is 1. The Morgan fingerprint density at radius 3 is 2.57 bits per heavy atom. The van der Waals surface area contributed by atoms with Gasteiger partial charge < -0.3 is 16.4 Å². The third-order valence-electron chi connectivity index (χ3n) is 3.57. The predicted octanol–water partition coefficient (Wildman–Crippen LogP) is 0.589. The molecule has 1 aromatic rings. The summed E-state index contributed by atoms with van der Waals surface area (Å²) >= 11 is 0. The van der Waals surface area contributed by atoms with Crippen LogP contribution in [0.1, 0.15) is 24.8 Å². The Morgan fingerprint density at radius 2 is 1.95 bits per heavy atom. The molecule has 0 heterocycles. The van der Waals surface area contributed by atoms with E-state index in [4.69, 9.17) is 5.73 Å². The Bertz CT molecular complexity index is 472. The smallest absolute Gasteiger partial charge is 0.224 e. The standard InChI is InChI=1S/C16H23N3O2/c17-11-13(10-12-4-2-1-3-5-12)16(21)18-9-8-15(20)19-14-6-7-14/h1-5,13-14H,6-11,17H2,(H,18,21)(H,19,20). The molecule has 1 fully saturated rings. The number of hydrogen-bond donors (Lipinski definition) is 3. The second-order valence-electron chi connectivity index (χ2n) is 5.51. The molecule has 0 aliphatic heterocycles. The second-order valence-corrected chi connectivity index (χ2v) is 5.51. The Balaban J connectivity index is 1.70. The van der Waals surface area contributed by atoms with E-state index >= 15 is 0 Å². The molecule has 5 nitrogen and oxygen atoms in total. The van der Waals surface area contributed by atoms with E-state index < -0.39 is 0 Å². The maximum absolute atomic E-state index is 12.1. The van der Waals surface area contributed by atoms with Crippen LogP contribution in [0.5, 0.6) is 0 Å². The van der Waals surface area contributed by atoms with E-state index in [0.29, 0.717) is 32.0 Å². The van der Waals surface area contributed by atoms with Crippen LogP contribution in [0.4, 0.5) is 0 Å². The van der Waals surface area contributed by atoms with Crippen LogP contribution in [0.25, 0.3) is 0 Å². The van der Waals surface area contributed by atoms with Crippen molar-refractivity contribution in [2.24, 2.45) is 11.7 Å². The van der Waals surface area contributed by atoms with Crippen molar-refractivity contribution in [3.8, 4) is 0 Å². The molecule has 1 aliphatic carbocycles. The SMILES string of the molecule is NCC(Cc1ccccc1)C(=O)NCCC(=O)NC1CC1. The zero-order valence-electron chi connectivity index (χ0n) is 12.2. The zero-order chi connectivity index (χ0) is 15.1. The monoisotopic (exact) mass is 289 g/mol. The Kier molecular flexibility index (Phi) is 5.75. The lowest BCUT2D eigenvalue weighted by atomic mass is 9.98. The molecule has 2 amide bonds. The summed E-state index contributed by atoms with van der Waals surface area (Å²) in [5, 5.41) is 5.69. The summed E-state index contributed by atoms with van der Waals surface area (Å²) in [5.41, 5.74) is 6.78. The molecule has 0 spiro atoms. The average Bonchev–Trinajstić information content (AvgIpc) is 3.29. The van der Waals surface area contributed by atoms with Gasteiger partial charge in [-0.3, -0.25) is 9.59 Å². The van der Waals surface area contributed by atoms with Gasteiger partial charge in [0.2, 0.25) is 11.8 Å². The summed E-state index contributed by atoms with van der Waals surface area (Å²) in [5.74, 6) is -0.329. The van der Waals surface area contributed by atoms with Crippen LogP contribution in [0.2, 0.25) is 0 Å². The number of amides is 2. The van der Waals surface area contributed by atoms with E-state index in [1.165, 1.54) is 0 Å². The van der Waals surface area contributed by atoms with Crippen molar-refractivity contribution in [2.75, 3.05) is 13.1 Å². The second kappa shape index (κ2) is 7.78. The van der Waals surface area contributed by atoms with E-state index in [1.54, 1.807) is 0 Å². The summed E-state index contributed by atoms with van der Waals surface area (Å²) in [6.45, 7) is 0.664. The predicted molar refractivity (Wildman–Crippen MR) is 81.5 cm³/mol. The molecule has 0 bridgehead atoms. The summed E-state index contributed by atoms with van der Waals surface area (Å²) in [6, 6.07) is 10.2. The van der Waals surface area contributed by atoms with E-state index in [-0.39, 0.29) is 17.7 Å². The lowest BCUT2D eigenvalue weighted by Crippen LogP contribution is -2.38. The Morgan fingerprint density at radius 1 is 1.24 bits per heavy atom. The molecule has 1 atom stereocenters. The van der Waals surface area contributed by atoms with E-state index in [9.17, 15) is 9.59 Å². The van der Waals surface area contributed by atoms with Crippen LogP contribution in [0.3, 0.4) is 0 Å². The molecule has 1 aliphatic rings. The van der Waals surface area contributed by atoms with Gasteiger partial charge >= 0.3 is 0 Å². The van der Waals surface area contributed by atoms with E-state index in [0.717, 1.165) is 18.4 Å². The highest BCUT2D eigenvalue weighted by molar-refractivity contribution is 5.81. The molecule has 5 heteroatoms. The molecule has 1 unspecified atom stereocenters. The highest BCUT2D eigenvalue weighted by Gasteiger charge is 2.23. The Labute approximate surface area is 125 Å². The largest absolute Gasteiger partial charge is 0.355 e. The number of carbonyl (C=O) groups is 2. The maximum Gasteiger partial charge on any atom is 0.224 e. The summed E-state index contributed by atoms with van der Waals surface area (Å²) in [6.07, 6.45) is 3.09. The van der Waals surface area contributed by atoms with Crippen LogP contribution in [-0.2, 0) is 16.0 Å². The minimum absolute atomic E-state index is 0.00478. The fourth-order valence-corrected chi connectivity index (χ4v) is 2.15. The van der Waals surface area contributed by atoms with Crippen LogP contribution < -0.4 is 16.4 Å².